The van der Waals surface area contributed by atoms with Gasteiger partial charge in [-0.2, -0.15) is 0 Å². The summed E-state index contributed by atoms with van der Waals surface area (Å²) in [7, 11) is 0. The molecule has 0 spiro atoms. The van der Waals surface area contributed by atoms with Gasteiger partial charge in [-0.3, -0.25) is 4.79 Å². The zero-order valence-electron chi connectivity index (χ0n) is 14.7. The van der Waals surface area contributed by atoms with E-state index in [1.165, 1.54) is 6.26 Å². The van der Waals surface area contributed by atoms with Gasteiger partial charge in [0.25, 0.3) is 5.91 Å². The van der Waals surface area contributed by atoms with E-state index in [4.69, 9.17) is 4.42 Å². The van der Waals surface area contributed by atoms with E-state index in [1.807, 2.05) is 42.5 Å². The first kappa shape index (κ1) is 16.8. The van der Waals surface area contributed by atoms with Crippen molar-refractivity contribution in [3.63, 3.8) is 0 Å². The summed E-state index contributed by atoms with van der Waals surface area (Å²) in [4.78, 5) is 16.8. The first-order chi connectivity index (χ1) is 13.3. The molecule has 4 rings (SSSR count). The topological polar surface area (TPSA) is 60.1 Å². The zero-order chi connectivity index (χ0) is 18.5. The summed E-state index contributed by atoms with van der Waals surface area (Å²) in [6.45, 7) is 0.995. The van der Waals surface area contributed by atoms with Gasteiger partial charge in [-0.15, -0.1) is 0 Å². The number of furan rings is 1. The van der Waals surface area contributed by atoms with Crippen molar-refractivity contribution in [1.82, 2.24) is 14.9 Å². The number of hydrogen-bond acceptors (Lipinski definition) is 3. The summed E-state index contributed by atoms with van der Waals surface area (Å²) >= 11 is 0. The summed E-state index contributed by atoms with van der Waals surface area (Å²) < 4.78 is 7.24. The highest BCUT2D eigenvalue weighted by Crippen LogP contribution is 2.17. The van der Waals surface area contributed by atoms with Crippen LogP contribution in [0.5, 0.6) is 0 Å². The lowest BCUT2D eigenvalue weighted by molar-refractivity contribution is 0.0922. The third-order valence-corrected chi connectivity index (χ3v) is 4.28. The largest absolute Gasteiger partial charge is 0.459 e. The molecule has 2 aromatic heterocycles. The van der Waals surface area contributed by atoms with Gasteiger partial charge in [0, 0.05) is 6.54 Å². The van der Waals surface area contributed by atoms with Crippen molar-refractivity contribution in [2.24, 2.45) is 0 Å². The Hall–Kier alpha value is -3.60. The fourth-order valence-corrected chi connectivity index (χ4v) is 2.98. The third-order valence-electron chi connectivity index (χ3n) is 4.28. The molecule has 5 nitrogen and oxygen atoms in total. The van der Waals surface area contributed by atoms with Gasteiger partial charge in [0.15, 0.2) is 5.76 Å². The van der Waals surface area contributed by atoms with Crippen LogP contribution in [0.4, 0.5) is 0 Å². The summed E-state index contributed by atoms with van der Waals surface area (Å²) in [5.41, 5.74) is 3.10. The number of para-hydroxylation sites is 2. The van der Waals surface area contributed by atoms with E-state index < -0.39 is 0 Å². The molecule has 0 aliphatic rings. The monoisotopic (exact) mass is 357 g/mol. The van der Waals surface area contributed by atoms with E-state index in [9.17, 15) is 4.79 Å². The first-order valence-corrected chi connectivity index (χ1v) is 8.79. The van der Waals surface area contributed by atoms with Crippen LogP contribution in [0.3, 0.4) is 0 Å². The smallest absolute Gasteiger partial charge is 0.287 e. The van der Waals surface area contributed by atoms with Crippen LogP contribution >= 0.6 is 0 Å². The molecule has 0 fully saturated rings. The van der Waals surface area contributed by atoms with Crippen LogP contribution in [-0.2, 0) is 13.1 Å². The number of carbonyl (C=O) groups is 1. The molecule has 1 amide bonds. The molecule has 2 heterocycles. The molecule has 0 radical (unpaired) electrons. The maximum absolute atomic E-state index is 12.1. The molecule has 2 aromatic carbocycles. The minimum absolute atomic E-state index is 0.251. The second-order valence-electron chi connectivity index (χ2n) is 6.10. The summed E-state index contributed by atoms with van der Waals surface area (Å²) in [5.74, 6) is 0.842. The molecule has 134 valence electrons. The molecule has 27 heavy (non-hydrogen) atoms. The highest BCUT2D eigenvalue weighted by Gasteiger charge is 2.12. The van der Waals surface area contributed by atoms with E-state index in [2.05, 4.69) is 39.2 Å². The van der Waals surface area contributed by atoms with Crippen molar-refractivity contribution in [3.05, 3.63) is 96.2 Å². The molecular formula is C22H19N3O2. The lowest BCUT2D eigenvalue weighted by Crippen LogP contribution is -2.24. The molecule has 4 aromatic rings. The number of imidazole rings is 1. The van der Waals surface area contributed by atoms with Crippen LogP contribution in [0.1, 0.15) is 21.9 Å². The lowest BCUT2D eigenvalue weighted by atomic mass is 10.2. The fourth-order valence-electron chi connectivity index (χ4n) is 2.98. The summed E-state index contributed by atoms with van der Waals surface area (Å²) in [5, 5.41) is 2.87. The van der Waals surface area contributed by atoms with Crippen molar-refractivity contribution in [2.45, 2.75) is 13.1 Å². The Labute approximate surface area is 157 Å². The maximum atomic E-state index is 12.1. The number of amides is 1. The van der Waals surface area contributed by atoms with Crippen molar-refractivity contribution in [1.29, 1.82) is 0 Å². The summed E-state index contributed by atoms with van der Waals surface area (Å²) in [6, 6.07) is 21.5. The molecule has 0 unspecified atom stereocenters. The Morgan fingerprint density at radius 1 is 1.04 bits per heavy atom. The molecule has 0 aliphatic heterocycles. The van der Waals surface area contributed by atoms with E-state index in [0.717, 1.165) is 22.4 Å². The van der Waals surface area contributed by atoms with Crippen LogP contribution in [-0.4, -0.2) is 15.5 Å². The number of rotatable bonds is 6. The number of aromatic nitrogens is 2. The molecule has 0 aliphatic carbocycles. The number of benzene rings is 2. The predicted molar refractivity (Wildman–Crippen MR) is 105 cm³/mol. The van der Waals surface area contributed by atoms with Crippen molar-refractivity contribution < 1.29 is 9.21 Å². The van der Waals surface area contributed by atoms with Gasteiger partial charge in [-0.1, -0.05) is 54.6 Å². The van der Waals surface area contributed by atoms with E-state index in [0.29, 0.717) is 18.8 Å². The first-order valence-electron chi connectivity index (χ1n) is 8.79. The van der Waals surface area contributed by atoms with Crippen molar-refractivity contribution in [3.8, 4) is 0 Å². The molecule has 1 N–H and O–H groups in total. The van der Waals surface area contributed by atoms with E-state index >= 15 is 0 Å². The van der Waals surface area contributed by atoms with Gasteiger partial charge in [0.2, 0.25) is 0 Å². The number of allylic oxidation sites excluding steroid dienone is 1. The quantitative estimate of drug-likeness (QED) is 0.560. The molecule has 5 heteroatoms. The normalized spacial score (nSPS) is 11.3. The highest BCUT2D eigenvalue weighted by molar-refractivity contribution is 5.91. The van der Waals surface area contributed by atoms with Crippen LogP contribution in [0.2, 0.25) is 0 Å². The fraction of sp³-hybridized carbons (Fsp3) is 0.0909. The molecule has 0 saturated carbocycles. The average Bonchev–Trinajstić information content (AvgIpc) is 3.36. The second kappa shape index (κ2) is 7.74. The SMILES string of the molecule is O=C(NCc1nc2ccccc2n1C/C=C/c1ccccc1)c1ccco1. The third kappa shape index (κ3) is 3.82. The van der Waals surface area contributed by atoms with E-state index in [-0.39, 0.29) is 5.91 Å². The van der Waals surface area contributed by atoms with Gasteiger partial charge in [-0.25, -0.2) is 4.98 Å². The zero-order valence-corrected chi connectivity index (χ0v) is 14.7. The number of nitrogens with zero attached hydrogens (tertiary/aromatic N) is 2. The van der Waals surface area contributed by atoms with Gasteiger partial charge < -0.3 is 14.3 Å². The van der Waals surface area contributed by atoms with Crippen LogP contribution in [0.15, 0.2) is 83.5 Å². The van der Waals surface area contributed by atoms with Gasteiger partial charge in [0.05, 0.1) is 23.8 Å². The lowest BCUT2D eigenvalue weighted by Gasteiger charge is -2.07. The molecule has 0 saturated heterocycles. The Morgan fingerprint density at radius 2 is 1.85 bits per heavy atom. The summed E-state index contributed by atoms with van der Waals surface area (Å²) in [6.07, 6.45) is 5.67. The molecule has 0 bridgehead atoms. The Kier molecular flexibility index (Phi) is 4.83. The minimum atomic E-state index is -0.251. The molecule has 0 atom stereocenters. The van der Waals surface area contributed by atoms with Crippen LogP contribution in [0.25, 0.3) is 17.1 Å². The van der Waals surface area contributed by atoms with Crippen LogP contribution < -0.4 is 5.32 Å². The number of hydrogen-bond donors (Lipinski definition) is 1. The maximum Gasteiger partial charge on any atom is 0.287 e. The van der Waals surface area contributed by atoms with Gasteiger partial charge >= 0.3 is 0 Å². The van der Waals surface area contributed by atoms with Gasteiger partial charge in [-0.05, 0) is 29.8 Å². The number of carbonyl (C=O) groups excluding carboxylic acids is 1. The van der Waals surface area contributed by atoms with Crippen LogP contribution in [0, 0.1) is 0 Å². The minimum Gasteiger partial charge on any atom is -0.459 e. The second-order valence-corrected chi connectivity index (χ2v) is 6.10. The molecular weight excluding hydrogens is 338 g/mol. The highest BCUT2D eigenvalue weighted by atomic mass is 16.3. The van der Waals surface area contributed by atoms with E-state index in [1.54, 1.807) is 12.1 Å². The number of fused-ring (bicyclic) bond motifs is 1. The number of nitrogens with one attached hydrogen (secondary N) is 1. The van der Waals surface area contributed by atoms with Gasteiger partial charge in [0.1, 0.15) is 5.82 Å². The predicted octanol–water partition coefficient (Wildman–Crippen LogP) is 4.27. The van der Waals surface area contributed by atoms with Crippen molar-refractivity contribution >= 4 is 23.0 Å². The Balaban J connectivity index is 1.55. The standard InChI is InChI=1S/C22H19N3O2/c26-22(20-13-7-15-27-20)23-16-21-24-18-11-4-5-12-19(18)25(21)14-6-10-17-8-2-1-3-9-17/h1-13,15H,14,16H2,(H,23,26)/b10-6+. The average molecular weight is 357 g/mol. The Morgan fingerprint density at radius 3 is 2.67 bits per heavy atom. The Bertz CT molecular complexity index is 1060. The van der Waals surface area contributed by atoms with Crippen molar-refractivity contribution in [2.75, 3.05) is 0 Å².